The average Bonchev–Trinajstić information content (AvgIpc) is 2.97. The Morgan fingerprint density at radius 3 is 2.82 bits per heavy atom. The third-order valence-electron chi connectivity index (χ3n) is 7.04. The number of benzene rings is 1. The quantitative estimate of drug-likeness (QED) is 0.562. The molecule has 2 aliphatic carbocycles. The maximum absolute atomic E-state index is 10.9. The maximum atomic E-state index is 10.9. The second kappa shape index (κ2) is 9.78. The Labute approximate surface area is 169 Å². The molecule has 1 aromatic carbocycles. The van der Waals surface area contributed by atoms with E-state index < -0.39 is 5.97 Å². The normalized spacial score (nSPS) is 27.1. The first-order valence-corrected chi connectivity index (χ1v) is 11.1. The Morgan fingerprint density at radius 2 is 2.07 bits per heavy atom. The molecule has 1 aromatic rings. The molecular formula is C24H36O4. The Kier molecular flexibility index (Phi) is 7.39. The monoisotopic (exact) mass is 388 g/mol. The predicted octanol–water partition coefficient (Wildman–Crippen LogP) is 4.86. The Morgan fingerprint density at radius 1 is 1.25 bits per heavy atom. The van der Waals surface area contributed by atoms with Crippen molar-refractivity contribution in [1.29, 1.82) is 0 Å². The number of aliphatic hydroxyl groups is 1. The summed E-state index contributed by atoms with van der Waals surface area (Å²) in [5.41, 5.74) is 2.55. The molecule has 5 atom stereocenters. The van der Waals surface area contributed by atoms with Crippen molar-refractivity contribution in [2.45, 2.75) is 77.7 Å². The SMILES string of the molecule is CCCCCC(O)CCC1C(C)CC2Cc3c(cccc3OCC(=O)O)CC21. The van der Waals surface area contributed by atoms with Crippen LogP contribution in [0.1, 0.15) is 69.9 Å². The molecular weight excluding hydrogens is 352 g/mol. The summed E-state index contributed by atoms with van der Waals surface area (Å²) < 4.78 is 5.56. The van der Waals surface area contributed by atoms with Crippen LogP contribution in [0.25, 0.3) is 0 Å². The number of aliphatic carboxylic acids is 1. The highest BCUT2D eigenvalue weighted by atomic mass is 16.5. The molecule has 0 aliphatic heterocycles. The third kappa shape index (κ3) is 5.08. The van der Waals surface area contributed by atoms with Crippen LogP contribution >= 0.6 is 0 Å². The largest absolute Gasteiger partial charge is 0.482 e. The van der Waals surface area contributed by atoms with Crippen molar-refractivity contribution in [2.75, 3.05) is 6.61 Å². The third-order valence-corrected chi connectivity index (χ3v) is 7.04. The molecule has 3 rings (SSSR count). The van der Waals surface area contributed by atoms with Crippen LogP contribution in [-0.4, -0.2) is 28.9 Å². The number of carboxylic acids is 1. The molecule has 156 valence electrons. The van der Waals surface area contributed by atoms with Gasteiger partial charge in [0.1, 0.15) is 5.75 Å². The molecule has 1 fully saturated rings. The van der Waals surface area contributed by atoms with Crippen LogP contribution in [0.15, 0.2) is 18.2 Å². The molecule has 4 nitrogen and oxygen atoms in total. The fourth-order valence-corrected chi connectivity index (χ4v) is 5.63. The first kappa shape index (κ1) is 21.2. The van der Waals surface area contributed by atoms with Gasteiger partial charge in [0.15, 0.2) is 6.61 Å². The molecule has 0 spiro atoms. The Balaban J connectivity index is 1.62. The number of fused-ring (bicyclic) bond motifs is 2. The van der Waals surface area contributed by atoms with E-state index in [4.69, 9.17) is 9.84 Å². The van der Waals surface area contributed by atoms with Gasteiger partial charge in [0.2, 0.25) is 0 Å². The van der Waals surface area contributed by atoms with Crippen molar-refractivity contribution in [3.63, 3.8) is 0 Å². The summed E-state index contributed by atoms with van der Waals surface area (Å²) in [5, 5.41) is 19.3. The molecule has 4 heteroatoms. The van der Waals surface area contributed by atoms with Gasteiger partial charge in [0.05, 0.1) is 6.10 Å². The molecule has 5 unspecified atom stereocenters. The molecule has 28 heavy (non-hydrogen) atoms. The second-order valence-corrected chi connectivity index (χ2v) is 9.01. The van der Waals surface area contributed by atoms with Crippen LogP contribution in [-0.2, 0) is 17.6 Å². The number of carbonyl (C=O) groups is 1. The molecule has 0 radical (unpaired) electrons. The van der Waals surface area contributed by atoms with Gasteiger partial charge in [-0.2, -0.15) is 0 Å². The number of unbranched alkanes of at least 4 members (excludes halogenated alkanes) is 2. The van der Waals surface area contributed by atoms with E-state index in [1.807, 2.05) is 12.1 Å². The van der Waals surface area contributed by atoms with Gasteiger partial charge in [0.25, 0.3) is 0 Å². The molecule has 0 saturated heterocycles. The minimum absolute atomic E-state index is 0.148. The molecule has 0 bridgehead atoms. The van der Waals surface area contributed by atoms with E-state index in [0.717, 1.165) is 44.3 Å². The zero-order valence-electron chi connectivity index (χ0n) is 17.4. The van der Waals surface area contributed by atoms with E-state index in [1.165, 1.54) is 30.4 Å². The lowest BCUT2D eigenvalue weighted by molar-refractivity contribution is -0.139. The Bertz CT molecular complexity index is 656. The van der Waals surface area contributed by atoms with Crippen LogP contribution < -0.4 is 4.74 Å². The van der Waals surface area contributed by atoms with Gasteiger partial charge in [-0.1, -0.05) is 45.2 Å². The maximum Gasteiger partial charge on any atom is 0.341 e. The summed E-state index contributed by atoms with van der Waals surface area (Å²) >= 11 is 0. The van der Waals surface area contributed by atoms with Crippen molar-refractivity contribution in [3.05, 3.63) is 29.3 Å². The number of rotatable bonds is 10. The summed E-state index contributed by atoms with van der Waals surface area (Å²) in [6.07, 6.45) is 9.68. The van der Waals surface area contributed by atoms with Gasteiger partial charge >= 0.3 is 5.97 Å². The molecule has 2 N–H and O–H groups in total. The molecule has 0 amide bonds. The fraction of sp³-hybridized carbons (Fsp3) is 0.708. The van der Waals surface area contributed by atoms with Crippen molar-refractivity contribution in [3.8, 4) is 5.75 Å². The van der Waals surface area contributed by atoms with Gasteiger partial charge in [-0.3, -0.25) is 0 Å². The standard InChI is InChI=1S/C24H36O4/c1-3-4-5-8-19(25)10-11-20-16(2)12-18-14-22-17(13-21(18)20)7-6-9-23(22)28-15-24(26)27/h6-7,9,16,18-21,25H,3-5,8,10-15H2,1-2H3,(H,26,27). The van der Waals surface area contributed by atoms with E-state index in [2.05, 4.69) is 19.9 Å². The lowest BCUT2D eigenvalue weighted by Crippen LogP contribution is -2.27. The highest BCUT2D eigenvalue weighted by Crippen LogP contribution is 2.50. The zero-order valence-corrected chi connectivity index (χ0v) is 17.4. The van der Waals surface area contributed by atoms with Crippen LogP contribution in [0, 0.1) is 23.7 Å². The van der Waals surface area contributed by atoms with Crippen LogP contribution in [0.2, 0.25) is 0 Å². The van der Waals surface area contributed by atoms with Gasteiger partial charge in [-0.15, -0.1) is 0 Å². The number of carboxylic acid groups (broad SMARTS) is 1. The Hall–Kier alpha value is -1.55. The van der Waals surface area contributed by atoms with Gasteiger partial charge in [-0.05, 0) is 79.4 Å². The topological polar surface area (TPSA) is 66.8 Å². The van der Waals surface area contributed by atoms with Crippen LogP contribution in [0.4, 0.5) is 0 Å². The van der Waals surface area contributed by atoms with Crippen molar-refractivity contribution in [2.24, 2.45) is 23.7 Å². The molecule has 1 saturated carbocycles. The van der Waals surface area contributed by atoms with Crippen LogP contribution in [0.5, 0.6) is 5.75 Å². The van der Waals surface area contributed by atoms with E-state index in [1.54, 1.807) is 0 Å². The zero-order chi connectivity index (χ0) is 20.1. The summed E-state index contributed by atoms with van der Waals surface area (Å²) in [4.78, 5) is 10.9. The van der Waals surface area contributed by atoms with E-state index >= 15 is 0 Å². The van der Waals surface area contributed by atoms with Gasteiger partial charge in [0, 0.05) is 0 Å². The summed E-state index contributed by atoms with van der Waals surface area (Å²) in [7, 11) is 0. The van der Waals surface area contributed by atoms with Crippen molar-refractivity contribution < 1.29 is 19.7 Å². The predicted molar refractivity (Wildman–Crippen MR) is 111 cm³/mol. The van der Waals surface area contributed by atoms with E-state index in [9.17, 15) is 9.90 Å². The lowest BCUT2D eigenvalue weighted by Gasteiger charge is -2.33. The molecule has 2 aliphatic rings. The summed E-state index contributed by atoms with van der Waals surface area (Å²) in [6, 6.07) is 6.07. The highest BCUT2D eigenvalue weighted by Gasteiger charge is 2.43. The van der Waals surface area contributed by atoms with Gasteiger partial charge in [-0.25, -0.2) is 4.79 Å². The second-order valence-electron chi connectivity index (χ2n) is 9.01. The van der Waals surface area contributed by atoms with Crippen LogP contribution in [0.3, 0.4) is 0 Å². The summed E-state index contributed by atoms with van der Waals surface area (Å²) in [5.74, 6) is 2.52. The highest BCUT2D eigenvalue weighted by molar-refractivity contribution is 5.68. The van der Waals surface area contributed by atoms with E-state index in [-0.39, 0.29) is 12.7 Å². The average molecular weight is 389 g/mol. The van der Waals surface area contributed by atoms with Crippen molar-refractivity contribution in [1.82, 2.24) is 0 Å². The number of ether oxygens (including phenoxy) is 1. The minimum Gasteiger partial charge on any atom is -0.482 e. The van der Waals surface area contributed by atoms with Gasteiger partial charge < -0.3 is 14.9 Å². The fourth-order valence-electron chi connectivity index (χ4n) is 5.63. The lowest BCUT2D eigenvalue weighted by atomic mass is 9.73. The summed E-state index contributed by atoms with van der Waals surface area (Å²) in [6.45, 7) is 4.30. The first-order chi connectivity index (χ1) is 13.5. The minimum atomic E-state index is -0.932. The number of hydrogen-bond acceptors (Lipinski definition) is 3. The molecule has 0 aromatic heterocycles. The molecule has 0 heterocycles. The smallest absolute Gasteiger partial charge is 0.341 e. The first-order valence-electron chi connectivity index (χ1n) is 11.1. The number of aliphatic hydroxyl groups excluding tert-OH is 1. The van der Waals surface area contributed by atoms with E-state index in [0.29, 0.717) is 23.7 Å². The number of hydrogen-bond donors (Lipinski definition) is 2. The van der Waals surface area contributed by atoms with Crippen molar-refractivity contribution >= 4 is 5.97 Å².